The standard InChI is InChI=1S/C21H24N8O2/c1-28-20-16(12-25-28)21(31)27-17(26-20)3-2-4-18(30)29-7-5-13(6-8-29)15-9-14(10-22)19(23)24-11-15/h9,11-13H,2-8H2,1H3,(H2,23,24)(H,26,27,31). The normalized spacial score (nSPS) is 14.6. The highest BCUT2D eigenvalue weighted by Crippen LogP contribution is 2.29. The lowest BCUT2D eigenvalue weighted by atomic mass is 9.89. The number of amides is 1. The average molecular weight is 420 g/mol. The van der Waals surface area contributed by atoms with Crippen molar-refractivity contribution < 1.29 is 4.79 Å². The molecule has 1 aliphatic rings. The zero-order valence-corrected chi connectivity index (χ0v) is 17.3. The molecule has 3 aromatic rings. The molecule has 0 bridgehead atoms. The van der Waals surface area contributed by atoms with E-state index < -0.39 is 0 Å². The minimum Gasteiger partial charge on any atom is -0.383 e. The number of aromatic amines is 1. The number of hydrogen-bond acceptors (Lipinski definition) is 7. The van der Waals surface area contributed by atoms with Gasteiger partial charge in [0.05, 0.1) is 11.8 Å². The fraction of sp³-hybridized carbons (Fsp3) is 0.429. The molecule has 10 nitrogen and oxygen atoms in total. The van der Waals surface area contributed by atoms with Crippen molar-refractivity contribution in [2.24, 2.45) is 7.05 Å². The van der Waals surface area contributed by atoms with Crippen molar-refractivity contribution in [1.82, 2.24) is 29.6 Å². The summed E-state index contributed by atoms with van der Waals surface area (Å²) >= 11 is 0. The van der Waals surface area contributed by atoms with Crippen molar-refractivity contribution in [2.75, 3.05) is 18.8 Å². The lowest BCUT2D eigenvalue weighted by Crippen LogP contribution is -2.37. The number of nitrogens with one attached hydrogen (secondary N) is 1. The van der Waals surface area contributed by atoms with Gasteiger partial charge in [0.2, 0.25) is 5.91 Å². The summed E-state index contributed by atoms with van der Waals surface area (Å²) in [6.45, 7) is 1.34. The second-order valence-electron chi connectivity index (χ2n) is 7.84. The Morgan fingerprint density at radius 2 is 2.13 bits per heavy atom. The molecule has 3 aromatic heterocycles. The van der Waals surface area contributed by atoms with Gasteiger partial charge >= 0.3 is 0 Å². The second kappa shape index (κ2) is 8.55. The maximum Gasteiger partial charge on any atom is 0.262 e. The molecule has 4 rings (SSSR count). The van der Waals surface area contributed by atoms with Crippen LogP contribution in [0.4, 0.5) is 5.82 Å². The first kappa shape index (κ1) is 20.5. The minimum atomic E-state index is -0.210. The number of H-pyrrole nitrogens is 1. The van der Waals surface area contributed by atoms with E-state index in [9.17, 15) is 9.59 Å². The molecule has 31 heavy (non-hydrogen) atoms. The van der Waals surface area contributed by atoms with E-state index in [1.807, 2.05) is 4.90 Å². The van der Waals surface area contributed by atoms with Gasteiger partial charge in [-0.3, -0.25) is 14.3 Å². The molecule has 0 radical (unpaired) electrons. The molecular weight excluding hydrogens is 396 g/mol. The highest BCUT2D eigenvalue weighted by atomic mass is 16.2. The number of likely N-dealkylation sites (tertiary alicyclic amines) is 1. The molecule has 1 fully saturated rings. The Morgan fingerprint density at radius 3 is 2.87 bits per heavy atom. The van der Waals surface area contributed by atoms with Crippen molar-refractivity contribution in [3.63, 3.8) is 0 Å². The van der Waals surface area contributed by atoms with Gasteiger partial charge in [-0.05, 0) is 36.8 Å². The summed E-state index contributed by atoms with van der Waals surface area (Å²) in [7, 11) is 1.74. The molecule has 10 heteroatoms. The molecule has 160 valence electrons. The van der Waals surface area contributed by atoms with Crippen molar-refractivity contribution in [3.05, 3.63) is 45.8 Å². The molecule has 1 aliphatic heterocycles. The molecule has 3 N–H and O–H groups in total. The molecule has 0 aliphatic carbocycles. The first-order valence-electron chi connectivity index (χ1n) is 10.3. The van der Waals surface area contributed by atoms with E-state index in [1.54, 1.807) is 24.0 Å². The Hall–Kier alpha value is -3.74. The van der Waals surface area contributed by atoms with E-state index in [0.29, 0.717) is 54.8 Å². The number of anilines is 1. The van der Waals surface area contributed by atoms with Crippen LogP contribution in [-0.2, 0) is 18.3 Å². The van der Waals surface area contributed by atoms with Gasteiger partial charge in [-0.25, -0.2) is 9.97 Å². The number of fused-ring (bicyclic) bond motifs is 1. The van der Waals surface area contributed by atoms with Crippen LogP contribution in [0.1, 0.15) is 48.6 Å². The molecule has 1 saturated heterocycles. The number of nitrogen functional groups attached to an aromatic ring is 1. The molecular formula is C21H24N8O2. The van der Waals surface area contributed by atoms with Crippen molar-refractivity contribution in [2.45, 2.75) is 38.0 Å². The molecule has 1 amide bonds. The number of nitrogens with two attached hydrogens (primary N) is 1. The largest absolute Gasteiger partial charge is 0.383 e. The van der Waals surface area contributed by atoms with Gasteiger partial charge in [0.15, 0.2) is 5.65 Å². The highest BCUT2D eigenvalue weighted by Gasteiger charge is 2.24. The number of piperidine rings is 1. The Morgan fingerprint density at radius 1 is 1.35 bits per heavy atom. The van der Waals surface area contributed by atoms with Crippen LogP contribution in [0.2, 0.25) is 0 Å². The summed E-state index contributed by atoms with van der Waals surface area (Å²) in [4.78, 5) is 37.9. The summed E-state index contributed by atoms with van der Waals surface area (Å²) < 4.78 is 1.57. The number of pyridine rings is 1. The van der Waals surface area contributed by atoms with Crippen LogP contribution >= 0.6 is 0 Å². The first-order chi connectivity index (χ1) is 15.0. The van der Waals surface area contributed by atoms with Crippen LogP contribution in [0, 0.1) is 11.3 Å². The van der Waals surface area contributed by atoms with Crippen molar-refractivity contribution >= 4 is 22.8 Å². The minimum absolute atomic E-state index is 0.107. The van der Waals surface area contributed by atoms with Gasteiger partial charge in [0.25, 0.3) is 5.56 Å². The highest BCUT2D eigenvalue weighted by molar-refractivity contribution is 5.76. The van der Waals surface area contributed by atoms with Crippen molar-refractivity contribution in [1.29, 1.82) is 5.26 Å². The van der Waals surface area contributed by atoms with E-state index in [2.05, 4.69) is 26.1 Å². The van der Waals surface area contributed by atoms with E-state index in [-0.39, 0.29) is 23.2 Å². The van der Waals surface area contributed by atoms with Crippen LogP contribution in [-0.4, -0.2) is 48.6 Å². The van der Waals surface area contributed by atoms with Crippen LogP contribution in [0.5, 0.6) is 0 Å². The molecule has 0 spiro atoms. The smallest absolute Gasteiger partial charge is 0.262 e. The van der Waals surface area contributed by atoms with Crippen LogP contribution < -0.4 is 11.3 Å². The molecule has 0 atom stereocenters. The summed E-state index contributed by atoms with van der Waals surface area (Å²) in [6.07, 6.45) is 6.41. The number of nitrogens with zero attached hydrogens (tertiary/aromatic N) is 6. The van der Waals surface area contributed by atoms with Crippen LogP contribution in [0.25, 0.3) is 11.0 Å². The molecule has 0 aromatic carbocycles. The summed E-state index contributed by atoms with van der Waals surface area (Å²) in [5, 5.41) is 13.7. The topological polar surface area (TPSA) is 147 Å². The number of carbonyl (C=O) groups excluding carboxylic acids is 1. The fourth-order valence-corrected chi connectivity index (χ4v) is 4.03. The number of hydrogen-bond donors (Lipinski definition) is 2. The second-order valence-corrected chi connectivity index (χ2v) is 7.84. The summed E-state index contributed by atoms with van der Waals surface area (Å²) in [5.74, 6) is 1.19. The SMILES string of the molecule is Cn1ncc2c(=O)[nH]c(CCCC(=O)N3CCC(c4cnc(N)c(C#N)c4)CC3)nc21. The van der Waals surface area contributed by atoms with Crippen molar-refractivity contribution in [3.8, 4) is 6.07 Å². The van der Waals surface area contributed by atoms with Gasteiger partial charge in [0.1, 0.15) is 23.1 Å². The first-order valence-corrected chi connectivity index (χ1v) is 10.3. The van der Waals surface area contributed by atoms with Crippen LogP contribution in [0.3, 0.4) is 0 Å². The van der Waals surface area contributed by atoms with Gasteiger partial charge in [-0.2, -0.15) is 10.4 Å². The Bertz CT molecular complexity index is 1210. The number of aryl methyl sites for hydroxylation is 2. The predicted molar refractivity (Wildman–Crippen MR) is 114 cm³/mol. The Balaban J connectivity index is 1.29. The summed E-state index contributed by atoms with van der Waals surface area (Å²) in [6, 6.07) is 3.87. The van der Waals surface area contributed by atoms with E-state index >= 15 is 0 Å². The lowest BCUT2D eigenvalue weighted by molar-refractivity contribution is -0.132. The number of carbonyl (C=O) groups is 1. The zero-order valence-electron chi connectivity index (χ0n) is 17.3. The number of aromatic nitrogens is 5. The van der Waals surface area contributed by atoms with E-state index in [4.69, 9.17) is 11.0 Å². The Kier molecular flexibility index (Phi) is 5.66. The number of nitriles is 1. The zero-order chi connectivity index (χ0) is 22.0. The van der Waals surface area contributed by atoms with E-state index in [0.717, 1.165) is 18.4 Å². The molecule has 4 heterocycles. The Labute approximate surface area is 178 Å². The lowest BCUT2D eigenvalue weighted by Gasteiger charge is -2.32. The molecule has 0 unspecified atom stereocenters. The quantitative estimate of drug-likeness (QED) is 0.631. The maximum absolute atomic E-state index is 12.6. The van der Waals surface area contributed by atoms with E-state index in [1.165, 1.54) is 6.20 Å². The molecule has 0 saturated carbocycles. The summed E-state index contributed by atoms with van der Waals surface area (Å²) in [5.41, 5.74) is 7.43. The number of rotatable bonds is 5. The van der Waals surface area contributed by atoms with Gasteiger partial charge in [-0.1, -0.05) is 0 Å². The third kappa shape index (κ3) is 4.26. The van der Waals surface area contributed by atoms with Gasteiger partial charge < -0.3 is 15.6 Å². The predicted octanol–water partition coefficient (Wildman–Crippen LogP) is 1.23. The third-order valence-corrected chi connectivity index (χ3v) is 5.83. The fourth-order valence-electron chi connectivity index (χ4n) is 4.03. The monoisotopic (exact) mass is 420 g/mol. The maximum atomic E-state index is 12.6. The van der Waals surface area contributed by atoms with Gasteiger partial charge in [-0.15, -0.1) is 0 Å². The van der Waals surface area contributed by atoms with Crippen LogP contribution in [0.15, 0.2) is 23.3 Å². The van der Waals surface area contributed by atoms with Gasteiger partial charge in [0, 0.05) is 39.2 Å². The average Bonchev–Trinajstić information content (AvgIpc) is 3.15. The third-order valence-electron chi connectivity index (χ3n) is 5.83.